The fourth-order valence-electron chi connectivity index (χ4n) is 4.57. The summed E-state index contributed by atoms with van der Waals surface area (Å²) in [5.41, 5.74) is 3.95. The van der Waals surface area contributed by atoms with Gasteiger partial charge >= 0.3 is 6.18 Å². The quantitative estimate of drug-likeness (QED) is 0.181. The minimum atomic E-state index is -4.32. The molecule has 35 heavy (non-hydrogen) atoms. The van der Waals surface area contributed by atoms with Crippen molar-refractivity contribution in [2.24, 2.45) is 11.1 Å². The molecule has 0 aliphatic heterocycles. The third-order valence-electron chi connectivity index (χ3n) is 6.47. The van der Waals surface area contributed by atoms with Gasteiger partial charge in [0.1, 0.15) is 18.0 Å². The zero-order valence-electron chi connectivity index (χ0n) is 19.6. The number of pyridine rings is 1. The largest absolute Gasteiger partial charge is 0.396 e. The van der Waals surface area contributed by atoms with Gasteiger partial charge in [-0.05, 0) is 36.1 Å². The number of nitrogens with zero attached hydrogens (tertiary/aromatic N) is 3. The number of halogens is 3. The smallest absolute Gasteiger partial charge is 0.389 e. The zero-order chi connectivity index (χ0) is 24.7. The van der Waals surface area contributed by atoms with Crippen LogP contribution in [0.4, 0.5) is 13.2 Å². The maximum absolute atomic E-state index is 12.4. The maximum Gasteiger partial charge on any atom is 0.389 e. The number of oxime groups is 1. The van der Waals surface area contributed by atoms with Crippen LogP contribution in [-0.2, 0) is 16.1 Å². The van der Waals surface area contributed by atoms with E-state index in [1.165, 1.54) is 32.1 Å². The monoisotopic (exact) mass is 485 g/mol. The molecule has 1 aromatic carbocycles. The minimum absolute atomic E-state index is 0.0258. The van der Waals surface area contributed by atoms with Crippen LogP contribution < -0.4 is 0 Å². The van der Waals surface area contributed by atoms with Crippen molar-refractivity contribution in [2.75, 3.05) is 6.61 Å². The molecule has 1 saturated carbocycles. The van der Waals surface area contributed by atoms with Crippen molar-refractivity contribution in [2.45, 2.75) is 64.0 Å². The molecule has 5 nitrogen and oxygen atoms in total. The number of carbonyl (C=O) groups is 1. The molecule has 0 N–H and O–H groups in total. The number of alkyl halides is 3. The van der Waals surface area contributed by atoms with E-state index in [9.17, 15) is 18.0 Å². The summed E-state index contributed by atoms with van der Waals surface area (Å²) >= 11 is 0. The lowest BCUT2D eigenvalue weighted by molar-refractivity contribution is -0.143. The zero-order valence-corrected chi connectivity index (χ0v) is 19.6. The van der Waals surface area contributed by atoms with Crippen LogP contribution in [0.3, 0.4) is 0 Å². The third-order valence-corrected chi connectivity index (χ3v) is 6.47. The summed E-state index contributed by atoms with van der Waals surface area (Å²) < 4.78 is 39.1. The van der Waals surface area contributed by atoms with Gasteiger partial charge in [-0.2, -0.15) is 13.2 Å². The topological polar surface area (TPSA) is 56.0 Å². The van der Waals surface area contributed by atoms with Crippen molar-refractivity contribution in [1.82, 2.24) is 9.38 Å². The van der Waals surface area contributed by atoms with Gasteiger partial charge in [0.05, 0.1) is 24.5 Å². The molecule has 0 amide bonds. The molecule has 2 aromatic heterocycles. The number of rotatable bonds is 10. The number of carbonyl (C=O) groups excluding carboxylic acids is 1. The number of ketones is 1. The van der Waals surface area contributed by atoms with Gasteiger partial charge in [-0.1, -0.05) is 55.5 Å². The maximum atomic E-state index is 12.4. The second-order valence-corrected chi connectivity index (χ2v) is 9.22. The van der Waals surface area contributed by atoms with Gasteiger partial charge < -0.3 is 4.84 Å². The summed E-state index contributed by atoms with van der Waals surface area (Å²) in [7, 11) is 0. The van der Waals surface area contributed by atoms with Crippen LogP contribution in [0, 0.1) is 5.92 Å². The van der Waals surface area contributed by atoms with Gasteiger partial charge in [-0.15, -0.1) is 0 Å². The van der Waals surface area contributed by atoms with Crippen LogP contribution in [0.5, 0.6) is 0 Å². The molecule has 4 rings (SSSR count). The Balaban J connectivity index is 1.36. The summed E-state index contributed by atoms with van der Waals surface area (Å²) in [6, 6.07) is 11.1. The highest BCUT2D eigenvalue weighted by atomic mass is 19.4. The second kappa shape index (κ2) is 11.5. The molecular formula is C27H30F3N3O2. The lowest BCUT2D eigenvalue weighted by atomic mass is 9.87. The number of hydrogen-bond donors (Lipinski definition) is 0. The first-order valence-electron chi connectivity index (χ1n) is 12.2. The molecular weight excluding hydrogens is 455 g/mol. The molecule has 8 heteroatoms. The van der Waals surface area contributed by atoms with Crippen LogP contribution in [-0.4, -0.2) is 34.2 Å². The number of imidazole rings is 1. The van der Waals surface area contributed by atoms with E-state index in [0.717, 1.165) is 34.8 Å². The van der Waals surface area contributed by atoms with Crippen molar-refractivity contribution < 1.29 is 22.8 Å². The third kappa shape index (κ3) is 7.41. The predicted molar refractivity (Wildman–Crippen MR) is 129 cm³/mol. The highest BCUT2D eigenvalue weighted by molar-refractivity contribution is 5.82. The molecule has 0 bridgehead atoms. The van der Waals surface area contributed by atoms with Crippen LogP contribution in [0.1, 0.15) is 62.5 Å². The van der Waals surface area contributed by atoms with Crippen LogP contribution >= 0.6 is 0 Å². The average molecular weight is 486 g/mol. The minimum Gasteiger partial charge on any atom is -0.396 e. The molecule has 0 atom stereocenters. The molecule has 2 heterocycles. The Morgan fingerprint density at radius 1 is 1.17 bits per heavy atom. The van der Waals surface area contributed by atoms with Crippen molar-refractivity contribution in [3.63, 3.8) is 0 Å². The van der Waals surface area contributed by atoms with Gasteiger partial charge in [0.2, 0.25) is 0 Å². The van der Waals surface area contributed by atoms with E-state index in [4.69, 9.17) is 4.84 Å². The fraction of sp³-hybridized carbons (Fsp3) is 0.444. The molecule has 0 saturated heterocycles. The molecule has 0 spiro atoms. The van der Waals surface area contributed by atoms with Crippen molar-refractivity contribution in [3.05, 3.63) is 59.9 Å². The number of benzene rings is 1. The van der Waals surface area contributed by atoms with Crippen LogP contribution in [0.15, 0.2) is 53.9 Å². The van der Waals surface area contributed by atoms with Crippen molar-refractivity contribution in [3.8, 4) is 11.3 Å². The van der Waals surface area contributed by atoms with E-state index >= 15 is 0 Å². The van der Waals surface area contributed by atoms with E-state index < -0.39 is 24.8 Å². The molecule has 1 aliphatic carbocycles. The van der Waals surface area contributed by atoms with Gasteiger partial charge in [-0.3, -0.25) is 9.20 Å². The van der Waals surface area contributed by atoms with E-state index in [1.54, 1.807) is 24.5 Å². The number of fused-ring (bicyclic) bond motifs is 1. The first-order valence-corrected chi connectivity index (χ1v) is 12.2. The van der Waals surface area contributed by atoms with E-state index in [-0.39, 0.29) is 6.42 Å². The molecule has 1 fully saturated rings. The summed E-state index contributed by atoms with van der Waals surface area (Å²) in [6.07, 6.45) is 7.01. The lowest BCUT2D eigenvalue weighted by Gasteiger charge is -2.20. The summed E-state index contributed by atoms with van der Waals surface area (Å²) in [5.74, 6) is 0.331. The standard InChI is InChI=1S/C27H30F3N3O2/c28-27(29,30)12-9-24(34)16-21-7-4-8-23(15-21)25-19-31-26-17-22(10-13-33(25)26)18-32-35-14-11-20-5-2-1-3-6-20/h4,7-8,10,13,15,17-20H,1-3,5-6,9,11-12,14,16H2/b32-18-. The molecule has 1 aliphatic rings. The SMILES string of the molecule is O=C(CCC(F)(F)F)Cc1cccc(-c2cnc3cc(/C=N\OCCC4CCCCC4)ccn23)c1. The Morgan fingerprint density at radius 2 is 2.00 bits per heavy atom. The normalized spacial score (nSPS) is 15.2. The first-order chi connectivity index (χ1) is 16.9. The van der Waals surface area contributed by atoms with E-state index in [0.29, 0.717) is 12.2 Å². The Hall–Kier alpha value is -3.16. The Kier molecular flexibility index (Phi) is 8.21. The van der Waals surface area contributed by atoms with Crippen molar-refractivity contribution in [1.29, 1.82) is 0 Å². The summed E-state index contributed by atoms with van der Waals surface area (Å²) in [6.45, 7) is 0.631. The van der Waals surface area contributed by atoms with Crippen LogP contribution in [0.25, 0.3) is 16.9 Å². The average Bonchev–Trinajstić information content (AvgIpc) is 3.26. The lowest BCUT2D eigenvalue weighted by Crippen LogP contribution is -2.12. The summed E-state index contributed by atoms with van der Waals surface area (Å²) in [4.78, 5) is 21.9. The summed E-state index contributed by atoms with van der Waals surface area (Å²) in [5, 5.41) is 4.10. The second-order valence-electron chi connectivity index (χ2n) is 9.22. The highest BCUT2D eigenvalue weighted by Gasteiger charge is 2.27. The Morgan fingerprint density at radius 3 is 2.80 bits per heavy atom. The van der Waals surface area contributed by atoms with Gasteiger partial charge in [0.25, 0.3) is 0 Å². The molecule has 3 aromatic rings. The van der Waals surface area contributed by atoms with Gasteiger partial charge in [0.15, 0.2) is 0 Å². The number of hydrogen-bond acceptors (Lipinski definition) is 4. The Labute approximate surface area is 203 Å². The van der Waals surface area contributed by atoms with Crippen molar-refractivity contribution >= 4 is 17.6 Å². The van der Waals surface area contributed by atoms with Crippen LogP contribution in [0.2, 0.25) is 0 Å². The fourth-order valence-corrected chi connectivity index (χ4v) is 4.57. The van der Waals surface area contributed by atoms with E-state index in [2.05, 4.69) is 10.1 Å². The molecule has 0 radical (unpaired) electrons. The molecule has 186 valence electrons. The van der Waals surface area contributed by atoms with E-state index in [1.807, 2.05) is 34.9 Å². The van der Waals surface area contributed by atoms with Gasteiger partial charge in [0, 0.05) is 30.2 Å². The predicted octanol–water partition coefficient (Wildman–Crippen LogP) is 6.78. The van der Waals surface area contributed by atoms with Gasteiger partial charge in [-0.25, -0.2) is 4.98 Å². The number of Topliss-reactive ketones (excluding diaryl/α,β-unsaturated/α-hetero) is 1. The molecule has 0 unspecified atom stereocenters. The number of aromatic nitrogens is 2. The first kappa shape index (κ1) is 24.9. The highest BCUT2D eigenvalue weighted by Crippen LogP contribution is 2.26. The Bertz CT molecular complexity index is 1160.